The van der Waals surface area contributed by atoms with Crippen LogP contribution < -0.4 is 10.6 Å². The van der Waals surface area contributed by atoms with Gasteiger partial charge in [0.05, 0.1) is 12.5 Å². The van der Waals surface area contributed by atoms with Crippen LogP contribution in [0.2, 0.25) is 0 Å². The summed E-state index contributed by atoms with van der Waals surface area (Å²) in [6.07, 6.45) is 4.54. The maximum absolute atomic E-state index is 12.1. The highest BCUT2D eigenvalue weighted by Crippen LogP contribution is 2.41. The monoisotopic (exact) mass is 314 g/mol. The van der Waals surface area contributed by atoms with Crippen LogP contribution in [0, 0.1) is 11.8 Å². The third-order valence-corrected chi connectivity index (χ3v) is 5.14. The first-order chi connectivity index (χ1) is 11.1. The Hall–Kier alpha value is -1.84. The lowest BCUT2D eigenvalue weighted by Gasteiger charge is -2.40. The van der Waals surface area contributed by atoms with Gasteiger partial charge in [-0.1, -0.05) is 32.0 Å². The summed E-state index contributed by atoms with van der Waals surface area (Å²) in [6, 6.07) is 6.45. The molecule has 1 aromatic carbocycles. The van der Waals surface area contributed by atoms with Gasteiger partial charge < -0.3 is 10.6 Å². The van der Waals surface area contributed by atoms with Gasteiger partial charge in [0.1, 0.15) is 0 Å². The average Bonchev–Trinajstić information content (AvgIpc) is 2.54. The molecular weight excluding hydrogens is 288 g/mol. The molecule has 23 heavy (non-hydrogen) atoms. The molecule has 0 unspecified atom stereocenters. The number of hydrogen-bond donors (Lipinski definition) is 2. The van der Waals surface area contributed by atoms with Gasteiger partial charge >= 0.3 is 0 Å². The predicted molar refractivity (Wildman–Crippen MR) is 89.9 cm³/mol. The summed E-state index contributed by atoms with van der Waals surface area (Å²) in [5.74, 6) is 0.867. The van der Waals surface area contributed by atoms with Gasteiger partial charge in [-0.05, 0) is 48.3 Å². The number of aryl methyl sites for hydroxylation is 1. The lowest BCUT2D eigenvalue weighted by molar-refractivity contribution is -0.129. The molecule has 0 saturated carbocycles. The van der Waals surface area contributed by atoms with E-state index in [9.17, 15) is 9.59 Å². The molecule has 0 spiro atoms. The van der Waals surface area contributed by atoms with E-state index in [-0.39, 0.29) is 23.8 Å². The topological polar surface area (TPSA) is 58.2 Å². The molecule has 4 heteroatoms. The van der Waals surface area contributed by atoms with Gasteiger partial charge in [-0.2, -0.15) is 0 Å². The molecule has 1 aliphatic heterocycles. The second-order valence-electron chi connectivity index (χ2n) is 6.98. The number of hydrogen-bond acceptors (Lipinski definition) is 2. The van der Waals surface area contributed by atoms with Gasteiger partial charge in [-0.3, -0.25) is 9.59 Å². The first kappa shape index (κ1) is 16.0. The van der Waals surface area contributed by atoms with Crippen molar-refractivity contribution in [3.63, 3.8) is 0 Å². The Balaban J connectivity index is 1.78. The highest BCUT2D eigenvalue weighted by Gasteiger charge is 2.37. The predicted octanol–water partition coefficient (Wildman–Crippen LogP) is 2.51. The number of amides is 2. The van der Waals surface area contributed by atoms with Crippen LogP contribution >= 0.6 is 0 Å². The second kappa shape index (κ2) is 6.73. The highest BCUT2D eigenvalue weighted by atomic mass is 16.2. The first-order valence-electron chi connectivity index (χ1n) is 8.77. The van der Waals surface area contributed by atoms with Crippen LogP contribution in [-0.2, 0) is 22.4 Å². The SMILES string of the molecule is CCCNC(=O)Cc1ccc2c(c1)[C@H]1NC(=O)[C@@H](C)C[C@H]1CC2. The van der Waals surface area contributed by atoms with E-state index in [0.717, 1.165) is 37.8 Å². The molecule has 1 aliphatic carbocycles. The van der Waals surface area contributed by atoms with Crippen LogP contribution in [0.25, 0.3) is 0 Å². The molecule has 2 N–H and O–H groups in total. The quantitative estimate of drug-likeness (QED) is 0.897. The Morgan fingerprint density at radius 1 is 1.39 bits per heavy atom. The Kier molecular flexibility index (Phi) is 4.69. The third kappa shape index (κ3) is 3.41. The molecule has 2 aliphatic rings. The van der Waals surface area contributed by atoms with E-state index in [2.05, 4.69) is 28.8 Å². The largest absolute Gasteiger partial charge is 0.356 e. The molecule has 0 radical (unpaired) electrons. The fourth-order valence-corrected chi connectivity index (χ4v) is 3.85. The second-order valence-corrected chi connectivity index (χ2v) is 6.98. The van der Waals surface area contributed by atoms with Gasteiger partial charge in [0.25, 0.3) is 0 Å². The summed E-state index contributed by atoms with van der Waals surface area (Å²) in [5, 5.41) is 6.12. The van der Waals surface area contributed by atoms with E-state index < -0.39 is 0 Å². The number of carbonyl (C=O) groups excluding carboxylic acids is 2. The lowest BCUT2D eigenvalue weighted by Crippen LogP contribution is -2.45. The lowest BCUT2D eigenvalue weighted by atomic mass is 9.73. The van der Waals surface area contributed by atoms with Crippen molar-refractivity contribution in [3.8, 4) is 0 Å². The minimum atomic E-state index is 0.0699. The summed E-state index contributed by atoms with van der Waals surface area (Å²) < 4.78 is 0. The molecule has 2 amide bonds. The average molecular weight is 314 g/mol. The van der Waals surface area contributed by atoms with Crippen LogP contribution in [0.3, 0.4) is 0 Å². The molecule has 0 bridgehead atoms. The fourth-order valence-electron chi connectivity index (χ4n) is 3.85. The van der Waals surface area contributed by atoms with Crippen LogP contribution in [0.15, 0.2) is 18.2 Å². The molecule has 3 rings (SSSR count). The number of rotatable bonds is 4. The van der Waals surface area contributed by atoms with E-state index in [4.69, 9.17) is 0 Å². The van der Waals surface area contributed by atoms with Crippen molar-refractivity contribution in [2.45, 2.75) is 52.0 Å². The molecular formula is C19H26N2O2. The number of piperidine rings is 1. The fraction of sp³-hybridized carbons (Fsp3) is 0.579. The Morgan fingerprint density at radius 3 is 3.00 bits per heavy atom. The summed E-state index contributed by atoms with van der Waals surface area (Å²) in [4.78, 5) is 24.0. The smallest absolute Gasteiger partial charge is 0.224 e. The van der Waals surface area contributed by atoms with E-state index in [0.29, 0.717) is 12.3 Å². The van der Waals surface area contributed by atoms with Crippen LogP contribution in [0.1, 0.15) is 55.8 Å². The minimum absolute atomic E-state index is 0.0699. The number of benzene rings is 1. The van der Waals surface area contributed by atoms with Crippen molar-refractivity contribution in [2.75, 3.05) is 6.54 Å². The molecule has 1 fully saturated rings. The van der Waals surface area contributed by atoms with Crippen LogP contribution in [0.4, 0.5) is 0 Å². The zero-order chi connectivity index (χ0) is 16.4. The standard InChI is InChI=1S/C19H26N2O2/c1-3-8-20-17(22)11-13-4-5-14-6-7-15-9-12(2)19(23)21-18(15)16(14)10-13/h4-5,10,12,15,18H,3,6-9,11H2,1-2H3,(H,20,22)(H,21,23)/t12-,15+,18-/m0/s1. The summed E-state index contributed by atoms with van der Waals surface area (Å²) >= 11 is 0. The molecule has 0 aromatic heterocycles. The highest BCUT2D eigenvalue weighted by molar-refractivity contribution is 5.80. The van der Waals surface area contributed by atoms with Crippen molar-refractivity contribution in [1.82, 2.24) is 10.6 Å². The van der Waals surface area contributed by atoms with Gasteiger partial charge in [0, 0.05) is 12.5 Å². The van der Waals surface area contributed by atoms with Crippen LogP contribution in [0.5, 0.6) is 0 Å². The van der Waals surface area contributed by atoms with E-state index >= 15 is 0 Å². The maximum Gasteiger partial charge on any atom is 0.224 e. The third-order valence-electron chi connectivity index (χ3n) is 5.14. The van der Waals surface area contributed by atoms with Crippen molar-refractivity contribution >= 4 is 11.8 Å². The van der Waals surface area contributed by atoms with Gasteiger partial charge in [0.15, 0.2) is 0 Å². The zero-order valence-corrected chi connectivity index (χ0v) is 14.0. The molecule has 4 nitrogen and oxygen atoms in total. The van der Waals surface area contributed by atoms with Crippen molar-refractivity contribution in [3.05, 3.63) is 34.9 Å². The first-order valence-corrected chi connectivity index (χ1v) is 8.77. The van der Waals surface area contributed by atoms with E-state index in [1.54, 1.807) is 0 Å². The summed E-state index contributed by atoms with van der Waals surface area (Å²) in [7, 11) is 0. The molecule has 124 valence electrons. The maximum atomic E-state index is 12.1. The van der Waals surface area contributed by atoms with Crippen molar-refractivity contribution < 1.29 is 9.59 Å². The Bertz CT molecular complexity index is 611. The summed E-state index contributed by atoms with van der Waals surface area (Å²) in [6.45, 7) is 4.78. The van der Waals surface area contributed by atoms with Crippen molar-refractivity contribution in [1.29, 1.82) is 0 Å². The van der Waals surface area contributed by atoms with Gasteiger partial charge in [-0.15, -0.1) is 0 Å². The van der Waals surface area contributed by atoms with E-state index in [1.165, 1.54) is 11.1 Å². The Labute approximate surface area is 138 Å². The van der Waals surface area contributed by atoms with E-state index in [1.807, 2.05) is 13.8 Å². The molecule has 3 atom stereocenters. The number of nitrogens with one attached hydrogen (secondary N) is 2. The molecule has 1 aromatic rings. The van der Waals surface area contributed by atoms with Crippen LogP contribution in [-0.4, -0.2) is 18.4 Å². The minimum Gasteiger partial charge on any atom is -0.356 e. The number of fused-ring (bicyclic) bond motifs is 3. The van der Waals surface area contributed by atoms with Gasteiger partial charge in [0.2, 0.25) is 11.8 Å². The molecule has 1 heterocycles. The summed E-state index contributed by atoms with van der Waals surface area (Å²) in [5.41, 5.74) is 3.58. The molecule has 1 saturated heterocycles. The number of carbonyl (C=O) groups is 2. The Morgan fingerprint density at radius 2 is 2.22 bits per heavy atom. The van der Waals surface area contributed by atoms with Gasteiger partial charge in [-0.25, -0.2) is 0 Å². The normalized spacial score (nSPS) is 26.0. The zero-order valence-electron chi connectivity index (χ0n) is 14.0. The van der Waals surface area contributed by atoms with Crippen molar-refractivity contribution in [2.24, 2.45) is 11.8 Å².